The van der Waals surface area contributed by atoms with Crippen LogP contribution in [0.3, 0.4) is 0 Å². The summed E-state index contributed by atoms with van der Waals surface area (Å²) in [5, 5.41) is 5.57. The third-order valence-electron chi connectivity index (χ3n) is 3.70. The number of carbonyl (C=O) groups is 2. The highest BCUT2D eigenvalue weighted by molar-refractivity contribution is 6.06. The van der Waals surface area contributed by atoms with Crippen molar-refractivity contribution in [2.75, 3.05) is 11.4 Å². The number of nitrogens with one attached hydrogen (secondary N) is 2. The molecule has 0 fully saturated rings. The van der Waals surface area contributed by atoms with Crippen molar-refractivity contribution >= 4 is 17.6 Å². The van der Waals surface area contributed by atoms with E-state index >= 15 is 0 Å². The monoisotopic (exact) mass is 339 g/mol. The molecule has 2 aromatic rings. The van der Waals surface area contributed by atoms with Gasteiger partial charge in [0.15, 0.2) is 0 Å². The summed E-state index contributed by atoms with van der Waals surface area (Å²) in [5.74, 6) is -0.0363. The molecule has 0 heterocycles. The first-order chi connectivity index (χ1) is 12.0. The van der Waals surface area contributed by atoms with Crippen LogP contribution in [-0.2, 0) is 6.54 Å². The molecule has 2 N–H and O–H groups in total. The second kappa shape index (κ2) is 8.87. The first kappa shape index (κ1) is 18.5. The van der Waals surface area contributed by atoms with E-state index in [0.29, 0.717) is 18.7 Å². The lowest BCUT2D eigenvalue weighted by molar-refractivity contribution is 0.0988. The lowest BCUT2D eigenvalue weighted by Crippen LogP contribution is -2.39. The second-order valence-corrected chi connectivity index (χ2v) is 6.06. The van der Waals surface area contributed by atoms with Crippen molar-refractivity contribution < 1.29 is 9.59 Å². The van der Waals surface area contributed by atoms with Gasteiger partial charge >= 0.3 is 6.03 Å². The van der Waals surface area contributed by atoms with Crippen molar-refractivity contribution in [3.63, 3.8) is 0 Å². The number of nitrogens with zero attached hydrogens (tertiary/aromatic N) is 1. The number of rotatable bonds is 6. The summed E-state index contributed by atoms with van der Waals surface area (Å²) in [4.78, 5) is 26.1. The van der Waals surface area contributed by atoms with Gasteiger partial charge in [-0.3, -0.25) is 4.79 Å². The maximum absolute atomic E-state index is 12.7. The fourth-order valence-electron chi connectivity index (χ4n) is 2.47. The second-order valence-electron chi connectivity index (χ2n) is 6.06. The Morgan fingerprint density at radius 1 is 1.00 bits per heavy atom. The van der Waals surface area contributed by atoms with Crippen molar-refractivity contribution in [2.24, 2.45) is 0 Å². The molecule has 5 nitrogen and oxygen atoms in total. The minimum atomic E-state index is -0.198. The van der Waals surface area contributed by atoms with Gasteiger partial charge in [0.25, 0.3) is 5.91 Å². The van der Waals surface area contributed by atoms with Gasteiger partial charge < -0.3 is 15.5 Å². The van der Waals surface area contributed by atoms with E-state index < -0.39 is 0 Å². The Bertz CT molecular complexity index is 697. The topological polar surface area (TPSA) is 61.4 Å². The Labute approximate surface area is 149 Å². The SMILES string of the molecule is CCN(C(=O)c1ccc(CNC(=O)NC(C)C)cc1)c1ccccc1. The molecule has 5 heteroatoms. The largest absolute Gasteiger partial charge is 0.336 e. The highest BCUT2D eigenvalue weighted by Gasteiger charge is 2.15. The molecule has 132 valence electrons. The Morgan fingerprint density at radius 3 is 2.20 bits per heavy atom. The van der Waals surface area contributed by atoms with E-state index in [1.165, 1.54) is 0 Å². The summed E-state index contributed by atoms with van der Waals surface area (Å²) >= 11 is 0. The zero-order chi connectivity index (χ0) is 18.2. The number of hydrogen-bond acceptors (Lipinski definition) is 2. The number of carbonyl (C=O) groups excluding carboxylic acids is 2. The maximum Gasteiger partial charge on any atom is 0.315 e. The van der Waals surface area contributed by atoms with Crippen LogP contribution in [0.25, 0.3) is 0 Å². The third kappa shape index (κ3) is 5.35. The van der Waals surface area contributed by atoms with Crippen LogP contribution >= 0.6 is 0 Å². The summed E-state index contributed by atoms with van der Waals surface area (Å²) < 4.78 is 0. The van der Waals surface area contributed by atoms with Crippen LogP contribution in [0.4, 0.5) is 10.5 Å². The van der Waals surface area contributed by atoms with Crippen LogP contribution in [0.2, 0.25) is 0 Å². The number of urea groups is 1. The van der Waals surface area contributed by atoms with Crippen molar-refractivity contribution in [1.82, 2.24) is 10.6 Å². The highest BCUT2D eigenvalue weighted by atomic mass is 16.2. The molecule has 0 spiro atoms. The van der Waals surface area contributed by atoms with E-state index in [2.05, 4.69) is 10.6 Å². The molecular formula is C20H25N3O2. The van der Waals surface area contributed by atoms with Crippen LogP contribution in [0.1, 0.15) is 36.7 Å². The molecule has 0 aliphatic carbocycles. The van der Waals surface area contributed by atoms with Gasteiger partial charge in [0, 0.05) is 30.4 Å². The van der Waals surface area contributed by atoms with E-state index in [-0.39, 0.29) is 18.0 Å². The predicted octanol–water partition coefficient (Wildman–Crippen LogP) is 3.56. The first-order valence-corrected chi connectivity index (χ1v) is 8.51. The Balaban J connectivity index is 2.01. The predicted molar refractivity (Wildman–Crippen MR) is 101 cm³/mol. The number of hydrogen-bond donors (Lipinski definition) is 2. The fourth-order valence-corrected chi connectivity index (χ4v) is 2.47. The third-order valence-corrected chi connectivity index (χ3v) is 3.70. The lowest BCUT2D eigenvalue weighted by Gasteiger charge is -2.21. The molecule has 2 rings (SSSR count). The molecule has 25 heavy (non-hydrogen) atoms. The molecular weight excluding hydrogens is 314 g/mol. The number of benzene rings is 2. The molecule has 0 saturated heterocycles. The van der Waals surface area contributed by atoms with Gasteiger partial charge in [-0.25, -0.2) is 4.79 Å². The van der Waals surface area contributed by atoms with Gasteiger partial charge in [0.1, 0.15) is 0 Å². The minimum Gasteiger partial charge on any atom is -0.336 e. The number of amides is 3. The van der Waals surface area contributed by atoms with Crippen LogP contribution in [0.5, 0.6) is 0 Å². The average molecular weight is 339 g/mol. The van der Waals surface area contributed by atoms with Crippen LogP contribution in [-0.4, -0.2) is 24.5 Å². The molecule has 2 aromatic carbocycles. The van der Waals surface area contributed by atoms with Gasteiger partial charge in [-0.05, 0) is 50.6 Å². The summed E-state index contributed by atoms with van der Waals surface area (Å²) in [7, 11) is 0. The standard InChI is InChI=1S/C20H25N3O2/c1-4-23(18-8-6-5-7-9-18)19(24)17-12-10-16(11-13-17)14-21-20(25)22-15(2)3/h5-13,15H,4,14H2,1-3H3,(H2,21,22,25). The molecule has 0 saturated carbocycles. The van der Waals surface area contributed by atoms with E-state index in [1.54, 1.807) is 17.0 Å². The van der Waals surface area contributed by atoms with Crippen LogP contribution in [0, 0.1) is 0 Å². The van der Waals surface area contributed by atoms with E-state index in [1.807, 2.05) is 63.2 Å². The van der Waals surface area contributed by atoms with Crippen LogP contribution < -0.4 is 15.5 Å². The molecule has 0 aliphatic heterocycles. The first-order valence-electron chi connectivity index (χ1n) is 8.51. The van der Waals surface area contributed by atoms with Gasteiger partial charge in [-0.15, -0.1) is 0 Å². The van der Waals surface area contributed by atoms with Crippen LogP contribution in [0.15, 0.2) is 54.6 Å². The minimum absolute atomic E-state index is 0.0363. The van der Waals surface area contributed by atoms with Gasteiger partial charge in [0.2, 0.25) is 0 Å². The fraction of sp³-hybridized carbons (Fsp3) is 0.300. The van der Waals surface area contributed by atoms with E-state index in [0.717, 1.165) is 11.3 Å². The summed E-state index contributed by atoms with van der Waals surface area (Å²) in [5.41, 5.74) is 2.45. The Hall–Kier alpha value is -2.82. The zero-order valence-corrected chi connectivity index (χ0v) is 15.0. The summed E-state index contributed by atoms with van der Waals surface area (Å²) in [6.45, 7) is 6.79. The number of anilines is 1. The molecule has 0 aliphatic rings. The molecule has 0 unspecified atom stereocenters. The van der Waals surface area contributed by atoms with Crippen molar-refractivity contribution in [3.8, 4) is 0 Å². The smallest absolute Gasteiger partial charge is 0.315 e. The Morgan fingerprint density at radius 2 is 1.64 bits per heavy atom. The Kier molecular flexibility index (Phi) is 6.57. The summed E-state index contributed by atoms with van der Waals surface area (Å²) in [6, 6.07) is 16.8. The summed E-state index contributed by atoms with van der Waals surface area (Å²) in [6.07, 6.45) is 0. The average Bonchev–Trinajstić information content (AvgIpc) is 2.61. The maximum atomic E-state index is 12.7. The van der Waals surface area contributed by atoms with Crippen molar-refractivity contribution in [2.45, 2.75) is 33.4 Å². The van der Waals surface area contributed by atoms with Crippen molar-refractivity contribution in [1.29, 1.82) is 0 Å². The highest BCUT2D eigenvalue weighted by Crippen LogP contribution is 2.17. The van der Waals surface area contributed by atoms with E-state index in [9.17, 15) is 9.59 Å². The normalized spacial score (nSPS) is 10.4. The van der Waals surface area contributed by atoms with Gasteiger partial charge in [0.05, 0.1) is 0 Å². The molecule has 0 aromatic heterocycles. The molecule has 0 atom stereocenters. The quantitative estimate of drug-likeness (QED) is 0.845. The lowest BCUT2D eigenvalue weighted by atomic mass is 10.1. The van der Waals surface area contributed by atoms with Gasteiger partial charge in [-0.1, -0.05) is 30.3 Å². The number of para-hydroxylation sites is 1. The zero-order valence-electron chi connectivity index (χ0n) is 15.0. The van der Waals surface area contributed by atoms with Gasteiger partial charge in [-0.2, -0.15) is 0 Å². The molecule has 3 amide bonds. The molecule has 0 bridgehead atoms. The molecule has 0 radical (unpaired) electrons. The van der Waals surface area contributed by atoms with Crippen molar-refractivity contribution in [3.05, 3.63) is 65.7 Å². The van der Waals surface area contributed by atoms with E-state index in [4.69, 9.17) is 0 Å².